The van der Waals surface area contributed by atoms with Gasteiger partial charge in [0.1, 0.15) is 0 Å². The predicted molar refractivity (Wildman–Crippen MR) is 75.7 cm³/mol. The van der Waals surface area contributed by atoms with Crippen LogP contribution in [0.3, 0.4) is 0 Å². The van der Waals surface area contributed by atoms with Crippen LogP contribution in [0.4, 0.5) is 5.69 Å². The molecule has 2 amide bonds. The molecule has 7 heteroatoms. The van der Waals surface area contributed by atoms with Crippen molar-refractivity contribution >= 4 is 23.5 Å². The molecule has 0 aliphatic rings. The standard InChI is InChI=1S/C14H18N2O5/c1-3-21-14(20)10-4-6-11(7-5-10)16-13(19)12(18)15-8-9(2)17/h4-7,9,17H,3,8H2,1-2H3,(H,15,18)(H,16,19). The van der Waals surface area contributed by atoms with Gasteiger partial charge < -0.3 is 20.5 Å². The van der Waals surface area contributed by atoms with Crippen LogP contribution >= 0.6 is 0 Å². The molecule has 0 fully saturated rings. The fourth-order valence-electron chi connectivity index (χ4n) is 1.41. The molecule has 0 aliphatic carbocycles. The summed E-state index contributed by atoms with van der Waals surface area (Å²) in [4.78, 5) is 34.4. The van der Waals surface area contributed by atoms with Crippen molar-refractivity contribution in [2.24, 2.45) is 0 Å². The van der Waals surface area contributed by atoms with Crippen LogP contribution < -0.4 is 10.6 Å². The molecule has 114 valence electrons. The third-order valence-electron chi connectivity index (χ3n) is 2.42. The number of esters is 1. The van der Waals surface area contributed by atoms with E-state index >= 15 is 0 Å². The number of nitrogens with one attached hydrogen (secondary N) is 2. The summed E-state index contributed by atoms with van der Waals surface area (Å²) >= 11 is 0. The quantitative estimate of drug-likeness (QED) is 0.535. The van der Waals surface area contributed by atoms with Crippen LogP contribution in [0.2, 0.25) is 0 Å². The molecule has 1 unspecified atom stereocenters. The van der Waals surface area contributed by atoms with Gasteiger partial charge in [0.2, 0.25) is 0 Å². The molecule has 0 saturated heterocycles. The van der Waals surface area contributed by atoms with Crippen molar-refractivity contribution in [3.8, 4) is 0 Å². The zero-order valence-corrected chi connectivity index (χ0v) is 11.9. The first-order valence-electron chi connectivity index (χ1n) is 6.48. The number of benzene rings is 1. The maximum absolute atomic E-state index is 11.5. The maximum Gasteiger partial charge on any atom is 0.338 e. The molecule has 0 spiro atoms. The van der Waals surface area contributed by atoms with Crippen LogP contribution in [0.15, 0.2) is 24.3 Å². The second kappa shape index (κ2) is 8.01. The number of amides is 2. The number of carbonyl (C=O) groups excluding carboxylic acids is 3. The molecule has 0 aromatic heterocycles. The molecule has 0 saturated carbocycles. The molecule has 21 heavy (non-hydrogen) atoms. The molecule has 1 aromatic rings. The van der Waals surface area contributed by atoms with Crippen molar-refractivity contribution in [2.45, 2.75) is 20.0 Å². The van der Waals surface area contributed by atoms with E-state index in [1.807, 2.05) is 0 Å². The van der Waals surface area contributed by atoms with E-state index < -0.39 is 23.9 Å². The first-order chi connectivity index (χ1) is 9.93. The van der Waals surface area contributed by atoms with Gasteiger partial charge in [-0.25, -0.2) is 4.79 Å². The third-order valence-corrected chi connectivity index (χ3v) is 2.42. The maximum atomic E-state index is 11.5. The number of aliphatic hydroxyl groups is 1. The number of aliphatic hydroxyl groups excluding tert-OH is 1. The molecule has 7 nitrogen and oxygen atoms in total. The predicted octanol–water partition coefficient (Wildman–Crippen LogP) is 0.299. The topological polar surface area (TPSA) is 105 Å². The molecular formula is C14H18N2O5. The molecule has 1 aromatic carbocycles. The number of hydrogen-bond donors (Lipinski definition) is 3. The normalized spacial score (nSPS) is 11.4. The number of anilines is 1. The monoisotopic (exact) mass is 294 g/mol. The molecule has 1 rings (SSSR count). The summed E-state index contributed by atoms with van der Waals surface area (Å²) in [5.41, 5.74) is 0.730. The van der Waals surface area contributed by atoms with Gasteiger partial charge in [-0.2, -0.15) is 0 Å². The van der Waals surface area contributed by atoms with Crippen LogP contribution in [0.5, 0.6) is 0 Å². The van der Waals surface area contributed by atoms with Gasteiger partial charge in [0, 0.05) is 12.2 Å². The lowest BCUT2D eigenvalue weighted by Gasteiger charge is -2.08. The van der Waals surface area contributed by atoms with Gasteiger partial charge in [0.25, 0.3) is 0 Å². The zero-order valence-electron chi connectivity index (χ0n) is 11.9. The fraction of sp³-hybridized carbons (Fsp3) is 0.357. The lowest BCUT2D eigenvalue weighted by molar-refractivity contribution is -0.136. The fourth-order valence-corrected chi connectivity index (χ4v) is 1.41. The Balaban J connectivity index is 2.57. The van der Waals surface area contributed by atoms with E-state index in [0.717, 1.165) is 0 Å². The van der Waals surface area contributed by atoms with E-state index in [4.69, 9.17) is 9.84 Å². The van der Waals surface area contributed by atoms with E-state index in [1.54, 1.807) is 6.92 Å². The van der Waals surface area contributed by atoms with Crippen molar-refractivity contribution in [1.29, 1.82) is 0 Å². The van der Waals surface area contributed by atoms with Crippen molar-refractivity contribution < 1.29 is 24.2 Å². The summed E-state index contributed by atoms with van der Waals surface area (Å²) in [5, 5.41) is 13.7. The summed E-state index contributed by atoms with van der Waals surface area (Å²) in [5.74, 6) is -2.14. The average molecular weight is 294 g/mol. The number of hydrogen-bond acceptors (Lipinski definition) is 5. The van der Waals surface area contributed by atoms with Gasteiger partial charge in [-0.1, -0.05) is 0 Å². The van der Waals surface area contributed by atoms with Gasteiger partial charge in [-0.3, -0.25) is 9.59 Å². The molecule has 0 aliphatic heterocycles. The Morgan fingerprint density at radius 2 is 1.81 bits per heavy atom. The zero-order chi connectivity index (χ0) is 15.8. The van der Waals surface area contributed by atoms with Crippen molar-refractivity contribution in [1.82, 2.24) is 5.32 Å². The highest BCUT2D eigenvalue weighted by Crippen LogP contribution is 2.10. The number of carbonyl (C=O) groups is 3. The van der Waals surface area contributed by atoms with E-state index in [9.17, 15) is 14.4 Å². The highest BCUT2D eigenvalue weighted by atomic mass is 16.5. The van der Waals surface area contributed by atoms with Crippen LogP contribution in [0.1, 0.15) is 24.2 Å². The molecule has 0 bridgehead atoms. The first kappa shape index (κ1) is 16.6. The van der Waals surface area contributed by atoms with Crippen molar-refractivity contribution in [3.05, 3.63) is 29.8 Å². The van der Waals surface area contributed by atoms with Crippen LogP contribution in [0.25, 0.3) is 0 Å². The Morgan fingerprint density at radius 3 is 2.33 bits per heavy atom. The minimum atomic E-state index is -0.848. The van der Waals surface area contributed by atoms with Gasteiger partial charge >= 0.3 is 17.8 Å². The Labute approximate surface area is 122 Å². The number of rotatable bonds is 5. The smallest absolute Gasteiger partial charge is 0.338 e. The Kier molecular flexibility index (Phi) is 6.35. The summed E-state index contributed by atoms with van der Waals surface area (Å²) in [6.07, 6.45) is -0.731. The third kappa shape index (κ3) is 5.62. The second-order valence-electron chi connectivity index (χ2n) is 4.31. The van der Waals surface area contributed by atoms with Gasteiger partial charge in [-0.15, -0.1) is 0 Å². The van der Waals surface area contributed by atoms with E-state index in [-0.39, 0.29) is 13.2 Å². The summed E-state index contributed by atoms with van der Waals surface area (Å²) in [7, 11) is 0. The minimum Gasteiger partial charge on any atom is -0.462 e. The highest BCUT2D eigenvalue weighted by molar-refractivity contribution is 6.39. The molecule has 0 radical (unpaired) electrons. The van der Waals surface area contributed by atoms with Crippen LogP contribution in [0, 0.1) is 0 Å². The second-order valence-corrected chi connectivity index (χ2v) is 4.31. The van der Waals surface area contributed by atoms with E-state index in [0.29, 0.717) is 11.3 Å². The molecule has 1 atom stereocenters. The van der Waals surface area contributed by atoms with E-state index in [2.05, 4.69) is 10.6 Å². The van der Waals surface area contributed by atoms with Crippen molar-refractivity contribution in [2.75, 3.05) is 18.5 Å². The molecule has 3 N–H and O–H groups in total. The highest BCUT2D eigenvalue weighted by Gasteiger charge is 2.14. The lowest BCUT2D eigenvalue weighted by atomic mass is 10.2. The lowest BCUT2D eigenvalue weighted by Crippen LogP contribution is -2.38. The van der Waals surface area contributed by atoms with Crippen LogP contribution in [-0.2, 0) is 14.3 Å². The van der Waals surface area contributed by atoms with Crippen molar-refractivity contribution in [3.63, 3.8) is 0 Å². The number of ether oxygens (including phenoxy) is 1. The Morgan fingerprint density at radius 1 is 1.19 bits per heavy atom. The minimum absolute atomic E-state index is 0.00590. The largest absolute Gasteiger partial charge is 0.462 e. The van der Waals surface area contributed by atoms with Crippen LogP contribution in [-0.4, -0.2) is 42.1 Å². The first-order valence-corrected chi connectivity index (χ1v) is 6.48. The van der Waals surface area contributed by atoms with Gasteiger partial charge in [0.05, 0.1) is 18.3 Å². The van der Waals surface area contributed by atoms with Gasteiger partial charge in [0.15, 0.2) is 0 Å². The average Bonchev–Trinajstić information content (AvgIpc) is 2.45. The van der Waals surface area contributed by atoms with Gasteiger partial charge in [-0.05, 0) is 38.1 Å². The Bertz CT molecular complexity index is 511. The SMILES string of the molecule is CCOC(=O)c1ccc(NC(=O)C(=O)NCC(C)O)cc1. The Hall–Kier alpha value is -2.41. The molecular weight excluding hydrogens is 276 g/mol. The van der Waals surface area contributed by atoms with E-state index in [1.165, 1.54) is 31.2 Å². The summed E-state index contributed by atoms with van der Waals surface area (Å²) in [6.45, 7) is 3.47. The summed E-state index contributed by atoms with van der Waals surface area (Å²) in [6, 6.07) is 5.96. The molecule has 0 heterocycles. The summed E-state index contributed by atoms with van der Waals surface area (Å²) < 4.78 is 4.83.